The first-order valence-corrected chi connectivity index (χ1v) is 7.81. The quantitative estimate of drug-likeness (QED) is 0.568. The van der Waals surface area contributed by atoms with Gasteiger partial charge in [-0.3, -0.25) is 4.79 Å². The Morgan fingerprint density at radius 1 is 1.16 bits per heavy atom. The molecule has 0 spiro atoms. The summed E-state index contributed by atoms with van der Waals surface area (Å²) < 4.78 is 1.63. The SMILES string of the molecule is O=C(Nc1ccc(Cl)cc1I)c1ccc(Br)c(Cl)c1. The molecule has 2 aromatic carbocycles. The first-order chi connectivity index (χ1) is 8.97. The van der Waals surface area contributed by atoms with Crippen LogP contribution in [0.3, 0.4) is 0 Å². The van der Waals surface area contributed by atoms with E-state index in [2.05, 4.69) is 43.8 Å². The van der Waals surface area contributed by atoms with Crippen molar-refractivity contribution in [1.82, 2.24) is 0 Å². The molecule has 2 rings (SSSR count). The van der Waals surface area contributed by atoms with E-state index in [0.29, 0.717) is 21.3 Å². The highest BCUT2D eigenvalue weighted by Gasteiger charge is 2.10. The van der Waals surface area contributed by atoms with E-state index in [1.807, 2.05) is 0 Å². The first-order valence-electron chi connectivity index (χ1n) is 5.19. The van der Waals surface area contributed by atoms with E-state index in [1.165, 1.54) is 0 Å². The Morgan fingerprint density at radius 3 is 2.53 bits per heavy atom. The van der Waals surface area contributed by atoms with Crippen molar-refractivity contribution < 1.29 is 4.79 Å². The van der Waals surface area contributed by atoms with Gasteiger partial charge in [-0.2, -0.15) is 0 Å². The van der Waals surface area contributed by atoms with Crippen LogP contribution in [0.2, 0.25) is 10.0 Å². The number of nitrogens with one attached hydrogen (secondary N) is 1. The molecule has 0 fully saturated rings. The van der Waals surface area contributed by atoms with Gasteiger partial charge in [0.05, 0.1) is 10.7 Å². The standard InChI is InChI=1S/C13H7BrCl2INO/c14-9-3-1-7(5-10(9)16)13(19)18-12-4-2-8(15)6-11(12)17/h1-6H,(H,18,19). The highest BCUT2D eigenvalue weighted by Crippen LogP contribution is 2.25. The fraction of sp³-hybridized carbons (Fsp3) is 0. The second kappa shape index (κ2) is 6.43. The van der Waals surface area contributed by atoms with Gasteiger partial charge in [-0.05, 0) is 74.9 Å². The average molecular weight is 471 g/mol. The Morgan fingerprint density at radius 2 is 1.89 bits per heavy atom. The van der Waals surface area contributed by atoms with E-state index in [4.69, 9.17) is 23.2 Å². The van der Waals surface area contributed by atoms with Gasteiger partial charge >= 0.3 is 0 Å². The van der Waals surface area contributed by atoms with Gasteiger partial charge in [0.15, 0.2) is 0 Å². The van der Waals surface area contributed by atoms with Crippen LogP contribution in [0, 0.1) is 3.57 Å². The lowest BCUT2D eigenvalue weighted by Crippen LogP contribution is -2.12. The van der Waals surface area contributed by atoms with Crippen molar-refractivity contribution >= 4 is 73.3 Å². The molecule has 0 saturated heterocycles. The van der Waals surface area contributed by atoms with Crippen molar-refractivity contribution in [3.8, 4) is 0 Å². The van der Waals surface area contributed by atoms with Gasteiger partial charge in [-0.25, -0.2) is 0 Å². The fourth-order valence-electron chi connectivity index (χ4n) is 1.42. The monoisotopic (exact) mass is 469 g/mol. The predicted molar refractivity (Wildman–Crippen MR) is 91.3 cm³/mol. The third kappa shape index (κ3) is 3.84. The molecule has 98 valence electrons. The Kier molecular flexibility index (Phi) is 5.11. The lowest BCUT2D eigenvalue weighted by atomic mass is 10.2. The number of hydrogen-bond donors (Lipinski definition) is 1. The maximum absolute atomic E-state index is 12.1. The number of anilines is 1. The zero-order valence-corrected chi connectivity index (χ0v) is 14.6. The van der Waals surface area contributed by atoms with Gasteiger partial charge in [-0.1, -0.05) is 23.2 Å². The summed E-state index contributed by atoms with van der Waals surface area (Å²) in [5.74, 6) is -0.213. The van der Waals surface area contributed by atoms with E-state index >= 15 is 0 Å². The van der Waals surface area contributed by atoms with E-state index in [-0.39, 0.29) is 5.91 Å². The van der Waals surface area contributed by atoms with Gasteiger partial charge in [0.25, 0.3) is 5.91 Å². The van der Waals surface area contributed by atoms with Crippen LogP contribution in [0.4, 0.5) is 5.69 Å². The molecule has 1 N–H and O–H groups in total. The summed E-state index contributed by atoms with van der Waals surface area (Å²) in [4.78, 5) is 12.1. The molecular weight excluding hydrogens is 464 g/mol. The van der Waals surface area contributed by atoms with Crippen molar-refractivity contribution in [2.45, 2.75) is 0 Å². The summed E-state index contributed by atoms with van der Waals surface area (Å²) in [7, 11) is 0. The highest BCUT2D eigenvalue weighted by atomic mass is 127. The zero-order chi connectivity index (χ0) is 14.0. The van der Waals surface area contributed by atoms with Crippen LogP contribution in [0.25, 0.3) is 0 Å². The topological polar surface area (TPSA) is 29.1 Å². The van der Waals surface area contributed by atoms with Crippen LogP contribution >= 0.6 is 61.7 Å². The molecule has 2 aromatic rings. The second-order valence-corrected chi connectivity index (χ2v) is 6.57. The number of carbonyl (C=O) groups excluding carboxylic acids is 1. The minimum absolute atomic E-state index is 0.213. The van der Waals surface area contributed by atoms with Crippen molar-refractivity contribution in [1.29, 1.82) is 0 Å². The third-order valence-corrected chi connectivity index (χ3v) is 4.72. The molecule has 0 aliphatic carbocycles. The predicted octanol–water partition coefficient (Wildman–Crippen LogP) is 5.61. The molecule has 0 heterocycles. The van der Waals surface area contributed by atoms with Crippen LogP contribution in [-0.4, -0.2) is 5.91 Å². The van der Waals surface area contributed by atoms with Gasteiger partial charge < -0.3 is 5.32 Å². The third-order valence-electron chi connectivity index (χ3n) is 2.36. The van der Waals surface area contributed by atoms with Crippen molar-refractivity contribution in [2.75, 3.05) is 5.32 Å². The normalized spacial score (nSPS) is 10.3. The van der Waals surface area contributed by atoms with Crippen LogP contribution in [-0.2, 0) is 0 Å². The minimum Gasteiger partial charge on any atom is -0.321 e. The van der Waals surface area contributed by atoms with Crippen LogP contribution in [0.1, 0.15) is 10.4 Å². The molecule has 0 radical (unpaired) electrons. The lowest BCUT2D eigenvalue weighted by Gasteiger charge is -2.08. The molecule has 0 bridgehead atoms. The van der Waals surface area contributed by atoms with E-state index in [9.17, 15) is 4.79 Å². The molecule has 0 aliphatic heterocycles. The molecule has 2 nitrogen and oxygen atoms in total. The van der Waals surface area contributed by atoms with E-state index < -0.39 is 0 Å². The average Bonchev–Trinajstić information content (AvgIpc) is 2.36. The van der Waals surface area contributed by atoms with Gasteiger partial charge in [-0.15, -0.1) is 0 Å². The van der Waals surface area contributed by atoms with Crippen LogP contribution < -0.4 is 5.32 Å². The van der Waals surface area contributed by atoms with Gasteiger partial charge in [0, 0.05) is 18.6 Å². The second-order valence-electron chi connectivity index (χ2n) is 3.71. The Balaban J connectivity index is 2.23. The smallest absolute Gasteiger partial charge is 0.255 e. The highest BCUT2D eigenvalue weighted by molar-refractivity contribution is 14.1. The fourth-order valence-corrected chi connectivity index (χ4v) is 2.86. The van der Waals surface area contributed by atoms with E-state index in [1.54, 1.807) is 36.4 Å². The Hall–Kier alpha value is -0.300. The molecule has 1 amide bonds. The van der Waals surface area contributed by atoms with Gasteiger partial charge in [0.2, 0.25) is 0 Å². The van der Waals surface area contributed by atoms with Crippen LogP contribution in [0.15, 0.2) is 40.9 Å². The molecule has 19 heavy (non-hydrogen) atoms. The Bertz CT molecular complexity index is 649. The van der Waals surface area contributed by atoms with Crippen molar-refractivity contribution in [3.63, 3.8) is 0 Å². The number of carbonyl (C=O) groups is 1. The summed E-state index contributed by atoms with van der Waals surface area (Å²) >= 11 is 17.2. The molecule has 0 aromatic heterocycles. The maximum Gasteiger partial charge on any atom is 0.255 e. The first kappa shape index (κ1) is 15.1. The molecule has 0 aliphatic rings. The summed E-state index contributed by atoms with van der Waals surface area (Å²) in [5.41, 5.74) is 1.22. The largest absolute Gasteiger partial charge is 0.321 e. The lowest BCUT2D eigenvalue weighted by molar-refractivity contribution is 0.102. The van der Waals surface area contributed by atoms with Crippen LogP contribution in [0.5, 0.6) is 0 Å². The summed E-state index contributed by atoms with van der Waals surface area (Å²) in [6.07, 6.45) is 0. The molecule has 0 atom stereocenters. The van der Waals surface area contributed by atoms with E-state index in [0.717, 1.165) is 8.04 Å². The summed E-state index contributed by atoms with van der Waals surface area (Å²) in [6.45, 7) is 0. The summed E-state index contributed by atoms with van der Waals surface area (Å²) in [5, 5.41) is 3.95. The molecule has 0 unspecified atom stereocenters. The number of halogens is 4. The minimum atomic E-state index is -0.213. The zero-order valence-electron chi connectivity index (χ0n) is 9.38. The number of hydrogen-bond acceptors (Lipinski definition) is 1. The van der Waals surface area contributed by atoms with Crippen molar-refractivity contribution in [3.05, 3.63) is 60.0 Å². The number of benzene rings is 2. The maximum atomic E-state index is 12.1. The summed E-state index contributed by atoms with van der Waals surface area (Å²) in [6, 6.07) is 10.3. The molecular formula is C13H7BrCl2INO. The molecule has 6 heteroatoms. The van der Waals surface area contributed by atoms with Crippen molar-refractivity contribution in [2.24, 2.45) is 0 Å². The number of amides is 1. The van der Waals surface area contributed by atoms with Gasteiger partial charge in [0.1, 0.15) is 0 Å². The molecule has 0 saturated carbocycles. The Labute approximate surface area is 142 Å². The number of rotatable bonds is 2.